The molecular formula is C11H9N3O. The summed E-state index contributed by atoms with van der Waals surface area (Å²) in [6.07, 6.45) is 1.62. The first-order chi connectivity index (χ1) is 7.33. The van der Waals surface area contributed by atoms with Crippen LogP contribution >= 0.6 is 0 Å². The Morgan fingerprint density at radius 2 is 2.00 bits per heavy atom. The fourth-order valence-electron chi connectivity index (χ4n) is 1.20. The first-order valence-electron chi connectivity index (χ1n) is 4.28. The van der Waals surface area contributed by atoms with Gasteiger partial charge in [-0.1, -0.05) is 30.3 Å². The van der Waals surface area contributed by atoms with Gasteiger partial charge in [-0.3, -0.25) is 0 Å². The van der Waals surface area contributed by atoms with Crippen LogP contribution in [0.15, 0.2) is 35.3 Å². The topological polar surface area (TPSA) is 69.2 Å². The van der Waals surface area contributed by atoms with Crippen LogP contribution < -0.4 is 0 Å². The lowest BCUT2D eigenvalue weighted by Crippen LogP contribution is -2.12. The van der Waals surface area contributed by atoms with Gasteiger partial charge in [-0.15, -0.1) is 4.99 Å². The first-order valence-corrected chi connectivity index (χ1v) is 4.28. The molecule has 0 saturated heterocycles. The van der Waals surface area contributed by atoms with Gasteiger partial charge in [-0.2, -0.15) is 10.5 Å². The Bertz CT molecular complexity index is 425. The molecule has 1 rings (SSSR count). The molecule has 0 aromatic heterocycles. The number of hydrogen-bond donors (Lipinski definition) is 0. The van der Waals surface area contributed by atoms with Gasteiger partial charge in [0.1, 0.15) is 5.92 Å². The molecule has 0 fully saturated rings. The van der Waals surface area contributed by atoms with E-state index >= 15 is 0 Å². The fourth-order valence-corrected chi connectivity index (χ4v) is 1.20. The molecule has 74 valence electrons. The molecule has 1 unspecified atom stereocenters. The second-order valence-electron chi connectivity index (χ2n) is 2.73. The molecule has 1 aromatic rings. The van der Waals surface area contributed by atoms with E-state index in [-0.39, 0.29) is 5.90 Å². The van der Waals surface area contributed by atoms with Crippen molar-refractivity contribution in [3.63, 3.8) is 0 Å². The van der Waals surface area contributed by atoms with Crippen LogP contribution in [0.1, 0.15) is 11.5 Å². The van der Waals surface area contributed by atoms with Crippen LogP contribution in [0.2, 0.25) is 0 Å². The minimum Gasteiger partial charge on any atom is -0.482 e. The van der Waals surface area contributed by atoms with E-state index in [4.69, 9.17) is 15.3 Å². The van der Waals surface area contributed by atoms with Gasteiger partial charge < -0.3 is 4.74 Å². The van der Waals surface area contributed by atoms with Crippen molar-refractivity contribution < 1.29 is 4.74 Å². The number of methoxy groups -OCH3 is 1. The van der Waals surface area contributed by atoms with Gasteiger partial charge in [0.2, 0.25) is 12.1 Å². The van der Waals surface area contributed by atoms with Gasteiger partial charge in [0.25, 0.3) is 0 Å². The highest BCUT2D eigenvalue weighted by atomic mass is 16.5. The summed E-state index contributed by atoms with van der Waals surface area (Å²) in [5.41, 5.74) is 0.760. The van der Waals surface area contributed by atoms with Gasteiger partial charge in [0.15, 0.2) is 0 Å². The molecule has 4 nitrogen and oxygen atoms in total. The molecule has 0 radical (unpaired) electrons. The maximum Gasteiger partial charge on any atom is 0.221 e. The number of nitrogens with zero attached hydrogens (tertiary/aromatic N) is 3. The molecular weight excluding hydrogens is 190 g/mol. The average molecular weight is 199 g/mol. The summed E-state index contributed by atoms with van der Waals surface area (Å²) >= 11 is 0. The molecule has 0 aliphatic heterocycles. The van der Waals surface area contributed by atoms with E-state index in [9.17, 15) is 0 Å². The molecule has 0 aliphatic carbocycles. The van der Waals surface area contributed by atoms with Gasteiger partial charge in [0.05, 0.1) is 13.2 Å². The molecule has 0 aliphatic rings. The van der Waals surface area contributed by atoms with E-state index in [2.05, 4.69) is 4.99 Å². The Kier molecular flexibility index (Phi) is 3.88. The molecule has 15 heavy (non-hydrogen) atoms. The summed E-state index contributed by atoms with van der Waals surface area (Å²) in [6.45, 7) is 0. The Labute approximate surface area is 88.1 Å². The third-order valence-corrected chi connectivity index (χ3v) is 1.88. The lowest BCUT2D eigenvalue weighted by Gasteiger charge is -2.09. The Morgan fingerprint density at radius 3 is 2.47 bits per heavy atom. The molecule has 0 spiro atoms. The van der Waals surface area contributed by atoms with Crippen LogP contribution in [-0.2, 0) is 4.74 Å². The van der Waals surface area contributed by atoms with Crippen LogP contribution in [0.4, 0.5) is 0 Å². The van der Waals surface area contributed by atoms with E-state index in [1.807, 2.05) is 24.3 Å². The third kappa shape index (κ3) is 2.55. The standard InChI is InChI=1S/C11H9N3O/c1-15-11(14-8-13)10(7-12)9-5-3-2-4-6-9/h2-6,10H,1H3. The highest BCUT2D eigenvalue weighted by Gasteiger charge is 2.18. The van der Waals surface area contributed by atoms with E-state index in [0.29, 0.717) is 0 Å². The van der Waals surface area contributed by atoms with Crippen molar-refractivity contribution in [2.45, 2.75) is 5.92 Å². The lowest BCUT2D eigenvalue weighted by molar-refractivity contribution is 0.390. The van der Waals surface area contributed by atoms with Crippen LogP contribution in [0.25, 0.3) is 0 Å². The van der Waals surface area contributed by atoms with Gasteiger partial charge in [-0.25, -0.2) is 0 Å². The van der Waals surface area contributed by atoms with E-state index in [1.165, 1.54) is 7.11 Å². The summed E-state index contributed by atoms with van der Waals surface area (Å²) in [6, 6.07) is 11.1. The third-order valence-electron chi connectivity index (χ3n) is 1.88. The summed E-state index contributed by atoms with van der Waals surface area (Å²) in [7, 11) is 1.39. The Hall–Kier alpha value is -2.33. The smallest absolute Gasteiger partial charge is 0.221 e. The predicted octanol–water partition coefficient (Wildman–Crippen LogP) is 1.82. The normalized spacial score (nSPS) is 12.3. The van der Waals surface area contributed by atoms with E-state index in [0.717, 1.165) is 5.56 Å². The largest absolute Gasteiger partial charge is 0.482 e. The minimum atomic E-state index is -0.629. The monoisotopic (exact) mass is 199 g/mol. The number of rotatable bonds is 2. The highest BCUT2D eigenvalue weighted by molar-refractivity contribution is 5.87. The molecule has 0 saturated carbocycles. The summed E-state index contributed by atoms with van der Waals surface area (Å²) in [5, 5.41) is 17.4. The Balaban J connectivity index is 3.06. The minimum absolute atomic E-state index is 0.117. The summed E-state index contributed by atoms with van der Waals surface area (Å²) in [5.74, 6) is -0.512. The van der Waals surface area contributed by atoms with Gasteiger partial charge >= 0.3 is 0 Å². The SMILES string of the molecule is COC(=NC#N)C(C#N)c1ccccc1. The zero-order chi connectivity index (χ0) is 11.1. The number of aliphatic imine (C=N–C) groups is 1. The second kappa shape index (κ2) is 5.41. The number of benzene rings is 1. The molecule has 0 bridgehead atoms. The van der Waals surface area contributed by atoms with E-state index in [1.54, 1.807) is 18.3 Å². The molecule has 0 amide bonds. The van der Waals surface area contributed by atoms with Crippen molar-refractivity contribution in [3.8, 4) is 12.3 Å². The quantitative estimate of drug-likeness (QED) is 0.414. The van der Waals surface area contributed by atoms with Gasteiger partial charge in [0, 0.05) is 0 Å². The van der Waals surface area contributed by atoms with Crippen LogP contribution in [0.3, 0.4) is 0 Å². The first kappa shape index (κ1) is 10.7. The van der Waals surface area contributed by atoms with Gasteiger partial charge in [-0.05, 0) is 5.56 Å². The molecule has 0 heterocycles. The molecule has 0 N–H and O–H groups in total. The maximum atomic E-state index is 8.99. The summed E-state index contributed by atoms with van der Waals surface area (Å²) < 4.78 is 4.90. The number of ether oxygens (including phenoxy) is 1. The van der Waals surface area contributed by atoms with Crippen molar-refractivity contribution in [3.05, 3.63) is 35.9 Å². The summed E-state index contributed by atoms with van der Waals surface area (Å²) in [4.78, 5) is 3.47. The molecule has 1 atom stereocenters. The van der Waals surface area contributed by atoms with E-state index < -0.39 is 5.92 Å². The fraction of sp³-hybridized carbons (Fsp3) is 0.182. The number of nitriles is 2. The van der Waals surface area contributed by atoms with Crippen LogP contribution in [0.5, 0.6) is 0 Å². The predicted molar refractivity (Wildman–Crippen MR) is 54.9 cm³/mol. The Morgan fingerprint density at radius 1 is 1.33 bits per heavy atom. The second-order valence-corrected chi connectivity index (χ2v) is 2.73. The van der Waals surface area contributed by atoms with Crippen LogP contribution in [-0.4, -0.2) is 13.0 Å². The van der Waals surface area contributed by atoms with Crippen LogP contribution in [0, 0.1) is 22.8 Å². The molecule has 1 aromatic carbocycles. The molecule has 4 heteroatoms. The maximum absolute atomic E-state index is 8.99. The zero-order valence-corrected chi connectivity index (χ0v) is 8.21. The van der Waals surface area contributed by atoms with Crippen molar-refractivity contribution in [2.24, 2.45) is 4.99 Å². The average Bonchev–Trinajstić information content (AvgIpc) is 2.30. The van der Waals surface area contributed by atoms with Crippen molar-refractivity contribution >= 4 is 5.90 Å². The van der Waals surface area contributed by atoms with Crippen molar-refractivity contribution in [2.75, 3.05) is 7.11 Å². The van der Waals surface area contributed by atoms with Crippen molar-refractivity contribution in [1.82, 2.24) is 0 Å². The lowest BCUT2D eigenvalue weighted by atomic mass is 10.0. The van der Waals surface area contributed by atoms with Crippen molar-refractivity contribution in [1.29, 1.82) is 10.5 Å². The highest BCUT2D eigenvalue weighted by Crippen LogP contribution is 2.16. The number of hydrogen-bond acceptors (Lipinski definition) is 4. The zero-order valence-electron chi connectivity index (χ0n) is 8.21.